The summed E-state index contributed by atoms with van der Waals surface area (Å²) in [6.45, 7) is 3.99. The molecule has 5 rings (SSSR count). The fourth-order valence-electron chi connectivity index (χ4n) is 3.91. The van der Waals surface area contributed by atoms with E-state index in [0.717, 1.165) is 47.8 Å². The molecular weight excluding hydrogens is 374 g/mol. The zero-order valence-corrected chi connectivity index (χ0v) is 16.6. The number of aryl methyl sites for hydroxylation is 2. The minimum absolute atomic E-state index is 0.198. The maximum atomic E-state index is 12.4. The van der Waals surface area contributed by atoms with Crippen LogP contribution in [0.5, 0.6) is 11.5 Å². The standard InChI is InChI=1S/C21H21N3O3S/c1-13-12-24-16(14(2)22-20(24)28-13)6-8-19(25)23-15-5-7-17-18(11-15)27-21(26-17)9-3-4-10-21/h5-8,11-12H,3-4,9-10H2,1-2H3,(H,23,25). The highest BCUT2D eigenvalue weighted by Crippen LogP contribution is 2.47. The van der Waals surface area contributed by atoms with Gasteiger partial charge in [-0.3, -0.25) is 9.20 Å². The molecule has 3 heterocycles. The van der Waals surface area contributed by atoms with Crippen molar-refractivity contribution in [3.05, 3.63) is 46.7 Å². The van der Waals surface area contributed by atoms with Crippen molar-refractivity contribution < 1.29 is 14.3 Å². The zero-order chi connectivity index (χ0) is 19.3. The molecule has 3 aromatic rings. The number of thiazole rings is 1. The number of nitrogens with one attached hydrogen (secondary N) is 1. The predicted molar refractivity (Wildman–Crippen MR) is 109 cm³/mol. The lowest BCUT2D eigenvalue weighted by molar-refractivity contribution is -0.111. The second-order valence-corrected chi connectivity index (χ2v) is 8.60. The molecule has 1 fully saturated rings. The van der Waals surface area contributed by atoms with Gasteiger partial charge in [-0.1, -0.05) is 0 Å². The summed E-state index contributed by atoms with van der Waals surface area (Å²) >= 11 is 1.63. The number of carbonyl (C=O) groups is 1. The third-order valence-electron chi connectivity index (χ3n) is 5.22. The lowest BCUT2D eigenvalue weighted by Crippen LogP contribution is -2.34. The summed E-state index contributed by atoms with van der Waals surface area (Å²) < 4.78 is 14.1. The van der Waals surface area contributed by atoms with Crippen LogP contribution in [0.15, 0.2) is 30.5 Å². The average Bonchev–Trinajstić information content (AvgIpc) is 3.38. The zero-order valence-electron chi connectivity index (χ0n) is 15.8. The molecule has 0 radical (unpaired) electrons. The number of amides is 1. The normalized spacial score (nSPS) is 17.2. The number of aromatic nitrogens is 2. The van der Waals surface area contributed by atoms with E-state index in [2.05, 4.69) is 10.3 Å². The van der Waals surface area contributed by atoms with E-state index in [1.165, 1.54) is 11.0 Å². The number of hydrogen-bond acceptors (Lipinski definition) is 5. The number of fused-ring (bicyclic) bond motifs is 2. The molecule has 0 atom stereocenters. The highest BCUT2D eigenvalue weighted by molar-refractivity contribution is 7.17. The van der Waals surface area contributed by atoms with Gasteiger partial charge in [-0.15, -0.1) is 11.3 Å². The SMILES string of the molecule is Cc1cn2c(C=CC(=O)Nc3ccc4c(c3)OC3(CCCC3)O4)c(C)nc2s1. The quantitative estimate of drug-likeness (QED) is 0.653. The Morgan fingerprint density at radius 1 is 1.25 bits per heavy atom. The fourth-order valence-corrected chi connectivity index (χ4v) is 4.79. The molecule has 1 aliphatic heterocycles. The van der Waals surface area contributed by atoms with Crippen molar-refractivity contribution in [3.8, 4) is 11.5 Å². The molecule has 28 heavy (non-hydrogen) atoms. The van der Waals surface area contributed by atoms with Crippen molar-refractivity contribution in [3.63, 3.8) is 0 Å². The molecule has 144 valence electrons. The molecule has 2 aromatic heterocycles. The number of imidazole rings is 1. The minimum Gasteiger partial charge on any atom is -0.448 e. The van der Waals surface area contributed by atoms with Crippen LogP contribution in [0.1, 0.15) is 41.9 Å². The summed E-state index contributed by atoms with van der Waals surface area (Å²) in [7, 11) is 0. The second-order valence-electron chi connectivity index (χ2n) is 7.38. The number of nitrogens with zero attached hydrogens (tertiary/aromatic N) is 2. The number of ether oxygens (including phenoxy) is 2. The Hall–Kier alpha value is -2.80. The molecule has 1 spiro atoms. The number of carbonyl (C=O) groups excluding carboxylic acids is 1. The van der Waals surface area contributed by atoms with E-state index >= 15 is 0 Å². The summed E-state index contributed by atoms with van der Waals surface area (Å²) in [5, 5.41) is 2.90. The largest absolute Gasteiger partial charge is 0.448 e. The van der Waals surface area contributed by atoms with E-state index in [4.69, 9.17) is 9.47 Å². The first-order chi connectivity index (χ1) is 13.5. The maximum Gasteiger partial charge on any atom is 0.251 e. The summed E-state index contributed by atoms with van der Waals surface area (Å²) in [5.74, 6) is 0.760. The van der Waals surface area contributed by atoms with Gasteiger partial charge >= 0.3 is 0 Å². The van der Waals surface area contributed by atoms with Gasteiger partial charge < -0.3 is 14.8 Å². The van der Waals surface area contributed by atoms with Gasteiger partial charge in [-0.2, -0.15) is 0 Å². The van der Waals surface area contributed by atoms with Gasteiger partial charge in [-0.05, 0) is 44.9 Å². The Balaban J connectivity index is 1.31. The van der Waals surface area contributed by atoms with Crippen LogP contribution in [-0.2, 0) is 4.79 Å². The van der Waals surface area contributed by atoms with Crippen molar-refractivity contribution >= 4 is 34.0 Å². The summed E-state index contributed by atoms with van der Waals surface area (Å²) in [6.07, 6.45) is 9.43. The van der Waals surface area contributed by atoms with Gasteiger partial charge in [0.15, 0.2) is 16.5 Å². The van der Waals surface area contributed by atoms with Gasteiger partial charge in [0.25, 0.3) is 5.79 Å². The van der Waals surface area contributed by atoms with Gasteiger partial charge in [0.1, 0.15) is 0 Å². The molecule has 1 N–H and O–H groups in total. The van der Waals surface area contributed by atoms with Crippen molar-refractivity contribution in [1.29, 1.82) is 0 Å². The van der Waals surface area contributed by atoms with E-state index in [-0.39, 0.29) is 5.91 Å². The highest BCUT2D eigenvalue weighted by atomic mass is 32.1. The Labute approximate surface area is 166 Å². The Bertz CT molecular complexity index is 1110. The molecule has 0 unspecified atom stereocenters. The van der Waals surface area contributed by atoms with Crippen molar-refractivity contribution in [2.75, 3.05) is 5.32 Å². The van der Waals surface area contributed by atoms with Gasteiger partial charge in [0.05, 0.1) is 11.4 Å². The average molecular weight is 395 g/mol. The molecule has 0 saturated heterocycles. The Morgan fingerprint density at radius 3 is 2.86 bits per heavy atom. The smallest absolute Gasteiger partial charge is 0.251 e. The van der Waals surface area contributed by atoms with Crippen LogP contribution in [0, 0.1) is 13.8 Å². The van der Waals surface area contributed by atoms with E-state index in [1.807, 2.05) is 42.6 Å². The number of anilines is 1. The first-order valence-electron chi connectivity index (χ1n) is 9.48. The minimum atomic E-state index is -0.492. The predicted octanol–water partition coefficient (Wildman–Crippen LogP) is 4.71. The van der Waals surface area contributed by atoms with E-state index in [9.17, 15) is 4.79 Å². The first kappa shape index (κ1) is 17.3. The summed E-state index contributed by atoms with van der Waals surface area (Å²) in [5.41, 5.74) is 2.51. The van der Waals surface area contributed by atoms with Crippen LogP contribution >= 0.6 is 11.3 Å². The third-order valence-corrected chi connectivity index (χ3v) is 6.12. The van der Waals surface area contributed by atoms with Crippen molar-refractivity contribution in [2.45, 2.75) is 45.3 Å². The fraction of sp³-hybridized carbons (Fsp3) is 0.333. The second kappa shape index (κ2) is 6.38. The molecule has 1 saturated carbocycles. The number of hydrogen-bond donors (Lipinski definition) is 1. The summed E-state index contributed by atoms with van der Waals surface area (Å²) in [6, 6.07) is 5.53. The highest BCUT2D eigenvalue weighted by Gasteiger charge is 2.44. The van der Waals surface area contributed by atoms with Crippen LogP contribution in [-0.4, -0.2) is 21.1 Å². The van der Waals surface area contributed by atoms with Crippen LogP contribution in [0.25, 0.3) is 11.0 Å². The van der Waals surface area contributed by atoms with Gasteiger partial charge in [0.2, 0.25) is 5.91 Å². The molecule has 2 aliphatic rings. The maximum absolute atomic E-state index is 12.4. The summed E-state index contributed by atoms with van der Waals surface area (Å²) in [4.78, 5) is 19.1. The van der Waals surface area contributed by atoms with Crippen LogP contribution in [0.4, 0.5) is 5.69 Å². The van der Waals surface area contributed by atoms with Gasteiger partial charge in [-0.25, -0.2) is 4.98 Å². The molecule has 0 bridgehead atoms. The van der Waals surface area contributed by atoms with Crippen LogP contribution in [0.2, 0.25) is 0 Å². The monoisotopic (exact) mass is 395 g/mol. The van der Waals surface area contributed by atoms with Crippen molar-refractivity contribution in [2.24, 2.45) is 0 Å². The molecular formula is C21H21N3O3S. The molecule has 7 heteroatoms. The lowest BCUT2D eigenvalue weighted by atomic mass is 10.2. The van der Waals surface area contributed by atoms with E-state index in [1.54, 1.807) is 17.4 Å². The molecule has 6 nitrogen and oxygen atoms in total. The first-order valence-corrected chi connectivity index (χ1v) is 10.3. The van der Waals surface area contributed by atoms with Crippen LogP contribution in [0.3, 0.4) is 0 Å². The third kappa shape index (κ3) is 2.96. The lowest BCUT2D eigenvalue weighted by Gasteiger charge is -2.21. The van der Waals surface area contributed by atoms with Gasteiger partial charge in [0, 0.05) is 41.7 Å². The molecule has 1 aromatic carbocycles. The van der Waals surface area contributed by atoms with Crippen LogP contribution < -0.4 is 14.8 Å². The van der Waals surface area contributed by atoms with E-state index < -0.39 is 5.79 Å². The number of rotatable bonds is 3. The Morgan fingerprint density at radius 2 is 2.04 bits per heavy atom. The number of benzene rings is 1. The topological polar surface area (TPSA) is 64.9 Å². The Kier molecular flexibility index (Phi) is 3.94. The van der Waals surface area contributed by atoms with E-state index in [0.29, 0.717) is 11.4 Å². The van der Waals surface area contributed by atoms with Crippen molar-refractivity contribution in [1.82, 2.24) is 9.38 Å². The molecule has 1 amide bonds. The molecule has 1 aliphatic carbocycles.